The van der Waals surface area contributed by atoms with Crippen LogP contribution in [0.3, 0.4) is 0 Å². The Hall–Kier alpha value is -3.02. The Kier molecular flexibility index (Phi) is 15.9. The molecule has 1 aliphatic rings. The van der Waals surface area contributed by atoms with Crippen molar-refractivity contribution >= 4 is 11.9 Å². The molecule has 11 heteroatoms. The van der Waals surface area contributed by atoms with Crippen LogP contribution in [0.4, 0.5) is 17.6 Å². The summed E-state index contributed by atoms with van der Waals surface area (Å²) in [6.07, 6.45) is 1.54. The van der Waals surface area contributed by atoms with Gasteiger partial charge in [-0.1, -0.05) is 64.0 Å². The van der Waals surface area contributed by atoms with E-state index in [1.807, 2.05) is 6.92 Å². The van der Waals surface area contributed by atoms with Gasteiger partial charge in [-0.3, -0.25) is 0 Å². The van der Waals surface area contributed by atoms with E-state index >= 15 is 0 Å². The molecule has 1 atom stereocenters. The van der Waals surface area contributed by atoms with Gasteiger partial charge in [0.2, 0.25) is 0 Å². The van der Waals surface area contributed by atoms with Crippen LogP contribution in [-0.2, 0) is 18.9 Å². The Morgan fingerprint density at radius 2 is 1.54 bits per heavy atom. The van der Waals surface area contributed by atoms with Crippen LogP contribution in [-0.4, -0.2) is 50.6 Å². The van der Waals surface area contributed by atoms with Crippen LogP contribution in [0.2, 0.25) is 0 Å². The molecule has 1 unspecified atom stereocenters. The van der Waals surface area contributed by atoms with E-state index in [-0.39, 0.29) is 17.7 Å². The third kappa shape index (κ3) is 12.6. The second-order valence-electron chi connectivity index (χ2n) is 11.6. The summed E-state index contributed by atoms with van der Waals surface area (Å²) >= 11 is 0. The summed E-state index contributed by atoms with van der Waals surface area (Å²) in [4.78, 5) is 25.1. The largest absolute Gasteiger partial charge is 0.449 e. The first-order valence-corrected chi connectivity index (χ1v) is 16.3. The van der Waals surface area contributed by atoms with Crippen molar-refractivity contribution in [3.05, 3.63) is 65.0 Å². The molecule has 0 spiro atoms. The molecule has 0 radical (unpaired) electrons. The molecule has 1 aliphatic heterocycles. The van der Waals surface area contributed by atoms with Crippen molar-refractivity contribution in [3.8, 4) is 5.75 Å². The first-order chi connectivity index (χ1) is 22.1. The van der Waals surface area contributed by atoms with Gasteiger partial charge in [0, 0.05) is 30.8 Å². The Balaban J connectivity index is 1.47. The molecule has 256 valence electrons. The highest BCUT2D eigenvalue weighted by atomic mass is 19.4. The molecular weight excluding hydrogens is 608 g/mol. The van der Waals surface area contributed by atoms with Crippen LogP contribution < -0.4 is 4.74 Å². The van der Waals surface area contributed by atoms with Crippen molar-refractivity contribution in [2.24, 2.45) is 5.92 Å². The van der Waals surface area contributed by atoms with E-state index in [0.717, 1.165) is 36.6 Å². The number of alkyl halides is 3. The summed E-state index contributed by atoms with van der Waals surface area (Å²) in [6.45, 7) is 6.18. The maximum atomic E-state index is 14.7. The lowest BCUT2D eigenvalue weighted by molar-refractivity contribution is -0.206. The second-order valence-corrected chi connectivity index (χ2v) is 11.6. The quantitative estimate of drug-likeness (QED) is 0.0647. The van der Waals surface area contributed by atoms with Gasteiger partial charge in [-0.05, 0) is 56.9 Å². The summed E-state index contributed by atoms with van der Waals surface area (Å²) in [5.74, 6) is -3.28. The summed E-state index contributed by atoms with van der Waals surface area (Å²) in [5, 5.41) is 0. The van der Waals surface area contributed by atoms with Crippen molar-refractivity contribution in [2.75, 3.05) is 26.4 Å². The predicted molar refractivity (Wildman–Crippen MR) is 164 cm³/mol. The molecule has 2 aromatic carbocycles. The molecule has 1 saturated heterocycles. The predicted octanol–water partition coefficient (Wildman–Crippen LogP) is 9.14. The average molecular weight is 655 g/mol. The minimum atomic E-state index is -4.80. The summed E-state index contributed by atoms with van der Waals surface area (Å²) in [7, 11) is 0. The fraction of sp³-hybridized carbons (Fsp3) is 0.600. The number of carbonyl (C=O) groups excluding carboxylic acids is 2. The maximum absolute atomic E-state index is 14.7. The fourth-order valence-corrected chi connectivity index (χ4v) is 5.12. The summed E-state index contributed by atoms with van der Waals surface area (Å²) in [6, 6.07) is 9.23. The average Bonchev–Trinajstić information content (AvgIpc) is 3.03. The summed E-state index contributed by atoms with van der Waals surface area (Å²) in [5.41, 5.74) is 0.223. The Labute approximate surface area is 268 Å². The number of benzene rings is 2. The molecule has 0 N–H and O–H groups in total. The molecule has 3 rings (SSSR count). The number of carbonyl (C=O) groups is 2. The van der Waals surface area contributed by atoms with Gasteiger partial charge in [0.15, 0.2) is 12.4 Å². The first kappa shape index (κ1) is 37.4. The van der Waals surface area contributed by atoms with Gasteiger partial charge in [-0.25, -0.2) is 14.0 Å². The molecular formula is C35H46F4O7. The van der Waals surface area contributed by atoms with Crippen LogP contribution in [0, 0.1) is 11.7 Å². The highest BCUT2D eigenvalue weighted by Crippen LogP contribution is 2.30. The van der Waals surface area contributed by atoms with Crippen molar-refractivity contribution in [1.82, 2.24) is 0 Å². The lowest BCUT2D eigenvalue weighted by atomic mass is 10.0. The SMILES string of the molecule is CCCCCCCCC1COC(c2ccc(C(=O)Oc3ccc(C(=O)OC(CCCCCOCC)C(F)(F)F)c(F)c3)cc2)OC1. The highest BCUT2D eigenvalue weighted by Gasteiger charge is 2.42. The molecule has 46 heavy (non-hydrogen) atoms. The third-order valence-electron chi connectivity index (χ3n) is 7.80. The molecule has 7 nitrogen and oxygen atoms in total. The van der Waals surface area contributed by atoms with E-state index in [4.69, 9.17) is 18.9 Å². The normalized spacial score (nSPS) is 17.4. The van der Waals surface area contributed by atoms with E-state index in [0.29, 0.717) is 45.2 Å². The Bertz CT molecular complexity index is 1190. The van der Waals surface area contributed by atoms with E-state index in [1.54, 1.807) is 12.1 Å². The highest BCUT2D eigenvalue weighted by molar-refractivity contribution is 5.92. The van der Waals surface area contributed by atoms with Gasteiger partial charge in [-0.15, -0.1) is 0 Å². The molecule has 0 aromatic heterocycles. The second kappa shape index (κ2) is 19.6. The monoisotopic (exact) mass is 654 g/mol. The van der Waals surface area contributed by atoms with Crippen molar-refractivity contribution in [1.29, 1.82) is 0 Å². The lowest BCUT2D eigenvalue weighted by Gasteiger charge is -2.29. The van der Waals surface area contributed by atoms with Crippen LogP contribution in [0.5, 0.6) is 5.75 Å². The van der Waals surface area contributed by atoms with E-state index in [9.17, 15) is 27.2 Å². The van der Waals surface area contributed by atoms with E-state index < -0.39 is 48.3 Å². The molecule has 0 bridgehead atoms. The van der Waals surface area contributed by atoms with Gasteiger partial charge < -0.3 is 23.7 Å². The van der Waals surface area contributed by atoms with Gasteiger partial charge in [0.1, 0.15) is 11.6 Å². The third-order valence-corrected chi connectivity index (χ3v) is 7.80. The standard InChI is InChI=1S/C35H46F4O7/c1-3-5-6-7-8-10-13-25-23-43-34(44-24-25)27-17-15-26(16-18-27)32(40)45-28-19-20-29(30(36)22-28)33(41)46-31(35(37,38)39)14-11-9-12-21-42-4-2/h15-20,22,25,31,34H,3-14,21,23-24H2,1-2H3. The van der Waals surface area contributed by atoms with Crippen molar-refractivity contribution in [3.63, 3.8) is 0 Å². The zero-order valence-corrected chi connectivity index (χ0v) is 26.7. The van der Waals surface area contributed by atoms with Crippen molar-refractivity contribution in [2.45, 2.75) is 103 Å². The fourth-order valence-electron chi connectivity index (χ4n) is 5.12. The number of esters is 2. The van der Waals surface area contributed by atoms with Gasteiger partial charge in [0.25, 0.3) is 0 Å². The van der Waals surface area contributed by atoms with Crippen LogP contribution in [0.15, 0.2) is 42.5 Å². The maximum Gasteiger partial charge on any atom is 0.425 e. The molecule has 2 aromatic rings. The Morgan fingerprint density at radius 3 is 2.20 bits per heavy atom. The number of ether oxygens (including phenoxy) is 5. The zero-order chi connectivity index (χ0) is 33.4. The smallest absolute Gasteiger partial charge is 0.425 e. The van der Waals surface area contributed by atoms with Crippen LogP contribution in [0.25, 0.3) is 0 Å². The van der Waals surface area contributed by atoms with Crippen LogP contribution >= 0.6 is 0 Å². The summed E-state index contributed by atoms with van der Waals surface area (Å²) < 4.78 is 81.9. The lowest BCUT2D eigenvalue weighted by Crippen LogP contribution is -2.34. The molecule has 0 amide bonds. The van der Waals surface area contributed by atoms with E-state index in [2.05, 4.69) is 11.7 Å². The number of hydrogen-bond donors (Lipinski definition) is 0. The number of hydrogen-bond acceptors (Lipinski definition) is 7. The number of halogens is 4. The number of unbranched alkanes of at least 4 members (excludes halogenated alkanes) is 7. The minimum absolute atomic E-state index is 0.156. The van der Waals surface area contributed by atoms with Crippen molar-refractivity contribution < 1.29 is 50.8 Å². The molecule has 1 fully saturated rings. The zero-order valence-electron chi connectivity index (χ0n) is 26.7. The topological polar surface area (TPSA) is 80.3 Å². The minimum Gasteiger partial charge on any atom is -0.449 e. The van der Waals surface area contributed by atoms with Gasteiger partial charge in [0.05, 0.1) is 24.3 Å². The number of rotatable bonds is 19. The Morgan fingerprint density at radius 1 is 0.870 bits per heavy atom. The molecule has 0 aliphatic carbocycles. The first-order valence-electron chi connectivity index (χ1n) is 16.3. The van der Waals surface area contributed by atoms with Gasteiger partial charge >= 0.3 is 18.1 Å². The molecule has 0 saturated carbocycles. The van der Waals surface area contributed by atoms with Gasteiger partial charge in [-0.2, -0.15) is 13.2 Å². The van der Waals surface area contributed by atoms with Crippen LogP contribution in [0.1, 0.15) is 117 Å². The molecule has 1 heterocycles. The van der Waals surface area contributed by atoms with E-state index in [1.165, 1.54) is 44.2 Å².